The predicted octanol–water partition coefficient (Wildman–Crippen LogP) is 2.81. The van der Waals surface area contributed by atoms with Gasteiger partial charge in [-0.1, -0.05) is 13.3 Å². The van der Waals surface area contributed by atoms with Crippen molar-refractivity contribution < 1.29 is 14.2 Å². The van der Waals surface area contributed by atoms with Gasteiger partial charge in [0.05, 0.1) is 6.10 Å². The zero-order chi connectivity index (χ0) is 10.8. The van der Waals surface area contributed by atoms with Crippen LogP contribution in [-0.4, -0.2) is 11.2 Å². The monoisotopic (exact) mass is 210 g/mol. The van der Waals surface area contributed by atoms with Gasteiger partial charge in [0.1, 0.15) is 17.7 Å². The van der Waals surface area contributed by atoms with Crippen LogP contribution in [0, 0.1) is 5.82 Å². The minimum absolute atomic E-state index is 0.0132. The Balaban J connectivity index is 2.25. The van der Waals surface area contributed by atoms with E-state index in [1.165, 1.54) is 12.1 Å². The van der Waals surface area contributed by atoms with Crippen LogP contribution in [0.15, 0.2) is 18.2 Å². The van der Waals surface area contributed by atoms with Gasteiger partial charge >= 0.3 is 0 Å². The van der Waals surface area contributed by atoms with Gasteiger partial charge in [0.25, 0.3) is 0 Å². The van der Waals surface area contributed by atoms with E-state index in [9.17, 15) is 9.50 Å². The van der Waals surface area contributed by atoms with E-state index < -0.39 is 6.10 Å². The van der Waals surface area contributed by atoms with Crippen LogP contribution >= 0.6 is 0 Å². The van der Waals surface area contributed by atoms with Crippen molar-refractivity contribution in [3.8, 4) is 5.75 Å². The quantitative estimate of drug-likeness (QED) is 0.813. The molecular formula is C12H15FO2. The predicted molar refractivity (Wildman–Crippen MR) is 55.3 cm³/mol. The summed E-state index contributed by atoms with van der Waals surface area (Å²) in [4.78, 5) is 0. The number of halogens is 1. The minimum Gasteiger partial charge on any atom is -0.490 e. The Morgan fingerprint density at radius 2 is 2.33 bits per heavy atom. The highest BCUT2D eigenvalue weighted by molar-refractivity contribution is 5.37. The Bertz CT molecular complexity index is 351. The Hall–Kier alpha value is -1.09. The van der Waals surface area contributed by atoms with Crippen molar-refractivity contribution in [1.82, 2.24) is 0 Å². The molecule has 1 aliphatic rings. The maximum atomic E-state index is 13.0. The molecule has 0 bridgehead atoms. The van der Waals surface area contributed by atoms with Crippen LogP contribution < -0.4 is 4.74 Å². The van der Waals surface area contributed by atoms with Crippen LogP contribution in [0.4, 0.5) is 4.39 Å². The topological polar surface area (TPSA) is 29.5 Å². The molecule has 1 aliphatic heterocycles. The molecule has 2 nitrogen and oxygen atoms in total. The van der Waals surface area contributed by atoms with Gasteiger partial charge in [-0.25, -0.2) is 4.39 Å². The first-order valence-electron chi connectivity index (χ1n) is 5.35. The second-order valence-corrected chi connectivity index (χ2v) is 3.96. The SMILES string of the molecule is CCCC1CC(O)c2ccc(F)cc2O1. The third-order valence-electron chi connectivity index (χ3n) is 2.73. The van der Waals surface area contributed by atoms with Crippen molar-refractivity contribution in [3.63, 3.8) is 0 Å². The van der Waals surface area contributed by atoms with E-state index in [1.807, 2.05) is 0 Å². The average Bonchev–Trinajstić information content (AvgIpc) is 2.17. The van der Waals surface area contributed by atoms with Gasteiger partial charge in [-0.2, -0.15) is 0 Å². The van der Waals surface area contributed by atoms with Crippen LogP contribution in [0.5, 0.6) is 5.75 Å². The van der Waals surface area contributed by atoms with E-state index in [1.54, 1.807) is 6.07 Å². The summed E-state index contributed by atoms with van der Waals surface area (Å²) in [6.45, 7) is 2.07. The number of rotatable bonds is 2. The number of ether oxygens (including phenoxy) is 1. The molecule has 0 radical (unpaired) electrons. The van der Waals surface area contributed by atoms with Crippen LogP contribution in [0.1, 0.15) is 37.9 Å². The summed E-state index contributed by atoms with van der Waals surface area (Å²) in [5.74, 6) is 0.172. The Labute approximate surface area is 88.7 Å². The van der Waals surface area contributed by atoms with Crippen LogP contribution in [-0.2, 0) is 0 Å². The molecule has 0 spiro atoms. The zero-order valence-electron chi connectivity index (χ0n) is 8.74. The van der Waals surface area contributed by atoms with Gasteiger partial charge in [0.2, 0.25) is 0 Å². The van der Waals surface area contributed by atoms with Crippen LogP contribution in [0.2, 0.25) is 0 Å². The Morgan fingerprint density at radius 3 is 3.07 bits per heavy atom. The number of aliphatic hydroxyl groups is 1. The fourth-order valence-electron chi connectivity index (χ4n) is 1.99. The van der Waals surface area contributed by atoms with Crippen molar-refractivity contribution >= 4 is 0 Å². The molecule has 0 amide bonds. The minimum atomic E-state index is -0.522. The highest BCUT2D eigenvalue weighted by Crippen LogP contribution is 2.36. The zero-order valence-corrected chi connectivity index (χ0v) is 8.74. The Kier molecular flexibility index (Phi) is 2.91. The molecular weight excluding hydrogens is 195 g/mol. The molecule has 0 fully saturated rings. The standard InChI is InChI=1S/C12H15FO2/c1-2-3-9-7-11(14)10-5-4-8(13)6-12(10)15-9/h4-6,9,11,14H,2-3,7H2,1H3. The molecule has 1 heterocycles. The van der Waals surface area contributed by atoms with E-state index in [-0.39, 0.29) is 11.9 Å². The highest BCUT2D eigenvalue weighted by atomic mass is 19.1. The summed E-state index contributed by atoms with van der Waals surface area (Å²) in [5.41, 5.74) is 0.698. The van der Waals surface area contributed by atoms with Gasteiger partial charge in [-0.15, -0.1) is 0 Å². The number of fused-ring (bicyclic) bond motifs is 1. The van der Waals surface area contributed by atoms with Gasteiger partial charge in [0, 0.05) is 18.1 Å². The number of hydrogen-bond donors (Lipinski definition) is 1. The first-order chi connectivity index (χ1) is 7.20. The summed E-state index contributed by atoms with van der Waals surface area (Å²) in [7, 11) is 0. The molecule has 3 heteroatoms. The number of benzene rings is 1. The average molecular weight is 210 g/mol. The summed E-state index contributed by atoms with van der Waals surface area (Å²) < 4.78 is 18.6. The summed E-state index contributed by atoms with van der Waals surface area (Å²) >= 11 is 0. The Morgan fingerprint density at radius 1 is 1.53 bits per heavy atom. The molecule has 0 saturated carbocycles. The molecule has 1 N–H and O–H groups in total. The fraction of sp³-hybridized carbons (Fsp3) is 0.500. The van der Waals surface area contributed by atoms with Crippen molar-refractivity contribution in [2.75, 3.05) is 0 Å². The normalized spacial score (nSPS) is 24.5. The lowest BCUT2D eigenvalue weighted by molar-refractivity contribution is 0.0611. The number of hydrogen-bond acceptors (Lipinski definition) is 2. The highest BCUT2D eigenvalue weighted by Gasteiger charge is 2.26. The molecule has 2 unspecified atom stereocenters. The van der Waals surface area contributed by atoms with Gasteiger partial charge in [0.15, 0.2) is 0 Å². The lowest BCUT2D eigenvalue weighted by atomic mass is 9.97. The van der Waals surface area contributed by atoms with Gasteiger partial charge < -0.3 is 9.84 Å². The largest absolute Gasteiger partial charge is 0.490 e. The summed E-state index contributed by atoms with van der Waals surface area (Å²) in [6.07, 6.45) is 1.99. The maximum absolute atomic E-state index is 13.0. The molecule has 1 aromatic carbocycles. The molecule has 0 aliphatic carbocycles. The lowest BCUT2D eigenvalue weighted by Gasteiger charge is -2.29. The second-order valence-electron chi connectivity index (χ2n) is 3.96. The summed E-state index contributed by atoms with van der Waals surface area (Å²) in [6, 6.07) is 4.30. The third-order valence-corrected chi connectivity index (χ3v) is 2.73. The molecule has 15 heavy (non-hydrogen) atoms. The fourth-order valence-corrected chi connectivity index (χ4v) is 1.99. The van der Waals surface area contributed by atoms with Gasteiger partial charge in [-0.3, -0.25) is 0 Å². The van der Waals surface area contributed by atoms with E-state index in [4.69, 9.17) is 4.74 Å². The third kappa shape index (κ3) is 2.12. The molecule has 82 valence electrons. The van der Waals surface area contributed by atoms with E-state index in [2.05, 4.69) is 6.92 Å². The molecule has 2 atom stereocenters. The van der Waals surface area contributed by atoms with Crippen LogP contribution in [0.25, 0.3) is 0 Å². The molecule has 0 aromatic heterocycles. The van der Waals surface area contributed by atoms with E-state index >= 15 is 0 Å². The van der Waals surface area contributed by atoms with Gasteiger partial charge in [-0.05, 0) is 18.6 Å². The van der Waals surface area contributed by atoms with Crippen molar-refractivity contribution in [3.05, 3.63) is 29.6 Å². The first-order valence-corrected chi connectivity index (χ1v) is 5.35. The molecule has 2 rings (SSSR count). The maximum Gasteiger partial charge on any atom is 0.128 e. The lowest BCUT2D eigenvalue weighted by Crippen LogP contribution is -2.25. The summed E-state index contributed by atoms with van der Waals surface area (Å²) in [5, 5.41) is 9.85. The van der Waals surface area contributed by atoms with Crippen molar-refractivity contribution in [1.29, 1.82) is 0 Å². The van der Waals surface area contributed by atoms with E-state index in [0.717, 1.165) is 12.8 Å². The van der Waals surface area contributed by atoms with E-state index in [0.29, 0.717) is 17.7 Å². The van der Waals surface area contributed by atoms with Crippen LogP contribution in [0.3, 0.4) is 0 Å². The number of aliphatic hydroxyl groups excluding tert-OH is 1. The first kappa shape index (κ1) is 10.4. The van der Waals surface area contributed by atoms with Crippen molar-refractivity contribution in [2.24, 2.45) is 0 Å². The molecule has 0 saturated heterocycles. The van der Waals surface area contributed by atoms with Crippen molar-refractivity contribution in [2.45, 2.75) is 38.4 Å². The smallest absolute Gasteiger partial charge is 0.128 e. The second kappa shape index (κ2) is 4.19. The molecule has 1 aromatic rings.